The molecule has 0 unspecified atom stereocenters. The number of nitrogens with zero attached hydrogens (tertiary/aromatic N) is 3. The average molecular weight is 262 g/mol. The Morgan fingerprint density at radius 1 is 1.26 bits per heavy atom. The fourth-order valence-corrected chi connectivity index (χ4v) is 2.82. The molecule has 2 heterocycles. The highest BCUT2D eigenvalue weighted by Gasteiger charge is 2.27. The standard InChI is InChI=1S/C13H18N4O2/c18-12-9-16(13(19)14-12)8-10-6-7-17(15-10)11-4-2-1-3-5-11/h6-7,11H,1-5,8-9H2,(H,14,18,19). The van der Waals surface area contributed by atoms with Gasteiger partial charge in [0.25, 0.3) is 0 Å². The van der Waals surface area contributed by atoms with Crippen LogP contribution in [0.2, 0.25) is 0 Å². The number of carbonyl (C=O) groups excluding carboxylic acids is 2. The van der Waals surface area contributed by atoms with Crippen LogP contribution in [0.4, 0.5) is 4.79 Å². The first-order chi connectivity index (χ1) is 9.22. The Morgan fingerprint density at radius 3 is 2.74 bits per heavy atom. The smallest absolute Gasteiger partial charge is 0.309 e. The quantitative estimate of drug-likeness (QED) is 0.838. The fourth-order valence-electron chi connectivity index (χ4n) is 2.82. The number of hydrogen-bond donors (Lipinski definition) is 1. The van der Waals surface area contributed by atoms with Crippen molar-refractivity contribution in [2.24, 2.45) is 0 Å². The molecule has 2 aliphatic rings. The predicted octanol–water partition coefficient (Wildman–Crippen LogP) is 1.44. The summed E-state index contributed by atoms with van der Waals surface area (Å²) in [5.41, 5.74) is 0.843. The molecule has 3 rings (SSSR count). The average Bonchev–Trinajstić information content (AvgIpc) is 2.99. The number of imide groups is 1. The lowest BCUT2D eigenvalue weighted by Gasteiger charge is -2.21. The Bertz CT molecular complexity index is 491. The SMILES string of the molecule is O=C1CN(Cc2ccn(C3CCCCC3)n2)C(=O)N1. The number of urea groups is 1. The third-order valence-corrected chi connectivity index (χ3v) is 3.83. The minimum absolute atomic E-state index is 0.134. The summed E-state index contributed by atoms with van der Waals surface area (Å²) in [6.45, 7) is 0.534. The summed E-state index contributed by atoms with van der Waals surface area (Å²) in [4.78, 5) is 24.0. The Kier molecular flexibility index (Phi) is 3.23. The first-order valence-electron chi connectivity index (χ1n) is 6.85. The van der Waals surface area contributed by atoms with Crippen LogP contribution in [0, 0.1) is 0 Å². The first kappa shape index (κ1) is 12.2. The van der Waals surface area contributed by atoms with Gasteiger partial charge in [0, 0.05) is 6.20 Å². The van der Waals surface area contributed by atoms with Crippen molar-refractivity contribution in [3.63, 3.8) is 0 Å². The molecule has 1 N–H and O–H groups in total. The third-order valence-electron chi connectivity index (χ3n) is 3.83. The molecule has 1 saturated carbocycles. The molecule has 0 spiro atoms. The molecule has 6 heteroatoms. The van der Waals surface area contributed by atoms with E-state index in [4.69, 9.17) is 0 Å². The van der Waals surface area contributed by atoms with Crippen molar-refractivity contribution in [3.8, 4) is 0 Å². The first-order valence-corrected chi connectivity index (χ1v) is 6.85. The molecule has 0 aromatic carbocycles. The molecule has 1 aliphatic heterocycles. The summed E-state index contributed by atoms with van der Waals surface area (Å²) in [6, 6.07) is 2.11. The number of hydrogen-bond acceptors (Lipinski definition) is 3. The van der Waals surface area contributed by atoms with Gasteiger partial charge in [-0.1, -0.05) is 19.3 Å². The van der Waals surface area contributed by atoms with Gasteiger partial charge in [0.1, 0.15) is 6.54 Å². The van der Waals surface area contributed by atoms with Crippen LogP contribution in [-0.2, 0) is 11.3 Å². The van der Waals surface area contributed by atoms with Crippen molar-refractivity contribution in [3.05, 3.63) is 18.0 Å². The second-order valence-corrected chi connectivity index (χ2v) is 5.29. The van der Waals surface area contributed by atoms with Crippen molar-refractivity contribution >= 4 is 11.9 Å². The maximum absolute atomic E-state index is 11.5. The second-order valence-electron chi connectivity index (χ2n) is 5.29. The monoisotopic (exact) mass is 262 g/mol. The zero-order valence-electron chi connectivity index (χ0n) is 10.8. The third kappa shape index (κ3) is 2.62. The van der Waals surface area contributed by atoms with Crippen LogP contribution in [0.15, 0.2) is 12.3 Å². The van der Waals surface area contributed by atoms with Crippen LogP contribution in [0.1, 0.15) is 43.8 Å². The summed E-state index contributed by atoms with van der Waals surface area (Å²) in [5.74, 6) is -0.239. The van der Waals surface area contributed by atoms with Crippen molar-refractivity contribution < 1.29 is 9.59 Å². The van der Waals surface area contributed by atoms with E-state index in [9.17, 15) is 9.59 Å². The highest BCUT2D eigenvalue weighted by Crippen LogP contribution is 2.27. The summed E-state index contributed by atoms with van der Waals surface area (Å²) in [7, 11) is 0. The van der Waals surface area contributed by atoms with Gasteiger partial charge in [-0.15, -0.1) is 0 Å². The Hall–Kier alpha value is -1.85. The predicted molar refractivity (Wildman–Crippen MR) is 68.3 cm³/mol. The molecule has 1 aromatic heterocycles. The molecule has 102 valence electrons. The highest BCUT2D eigenvalue weighted by atomic mass is 16.2. The van der Waals surface area contributed by atoms with E-state index in [0.29, 0.717) is 12.6 Å². The molecule has 1 aliphatic carbocycles. The van der Waals surface area contributed by atoms with Crippen LogP contribution in [-0.4, -0.2) is 33.2 Å². The summed E-state index contributed by atoms with van der Waals surface area (Å²) >= 11 is 0. The zero-order chi connectivity index (χ0) is 13.2. The van der Waals surface area contributed by atoms with Crippen molar-refractivity contribution in [1.82, 2.24) is 20.0 Å². The maximum Gasteiger partial charge on any atom is 0.324 e. The van der Waals surface area contributed by atoms with E-state index in [1.165, 1.54) is 37.0 Å². The molecule has 1 saturated heterocycles. The molecular weight excluding hydrogens is 244 g/mol. The van der Waals surface area contributed by atoms with Crippen LogP contribution in [0.3, 0.4) is 0 Å². The van der Waals surface area contributed by atoms with Gasteiger partial charge < -0.3 is 4.90 Å². The zero-order valence-corrected chi connectivity index (χ0v) is 10.8. The van der Waals surface area contributed by atoms with E-state index in [1.807, 2.05) is 16.9 Å². The minimum atomic E-state index is -0.322. The number of carbonyl (C=O) groups is 2. The van der Waals surface area contributed by atoms with Crippen molar-refractivity contribution in [2.75, 3.05) is 6.54 Å². The van der Waals surface area contributed by atoms with E-state index in [1.54, 1.807) is 0 Å². The van der Waals surface area contributed by atoms with Crippen molar-refractivity contribution in [2.45, 2.75) is 44.7 Å². The summed E-state index contributed by atoms with van der Waals surface area (Å²) in [6.07, 6.45) is 8.21. The topological polar surface area (TPSA) is 67.2 Å². The number of aromatic nitrogens is 2. The number of amides is 3. The number of nitrogens with one attached hydrogen (secondary N) is 1. The molecule has 3 amide bonds. The number of rotatable bonds is 3. The summed E-state index contributed by atoms with van der Waals surface area (Å²) in [5, 5.41) is 6.81. The van der Waals surface area contributed by atoms with E-state index in [-0.39, 0.29) is 18.5 Å². The van der Waals surface area contributed by atoms with E-state index in [0.717, 1.165) is 5.69 Å². The summed E-state index contributed by atoms with van der Waals surface area (Å²) < 4.78 is 2.02. The molecule has 19 heavy (non-hydrogen) atoms. The lowest BCUT2D eigenvalue weighted by Crippen LogP contribution is -2.28. The molecule has 0 atom stereocenters. The van der Waals surface area contributed by atoms with Gasteiger partial charge in [0.15, 0.2) is 0 Å². The Balaban J connectivity index is 1.64. The molecular formula is C13H18N4O2. The molecule has 2 fully saturated rings. The minimum Gasteiger partial charge on any atom is -0.309 e. The van der Waals surface area contributed by atoms with Gasteiger partial charge in [-0.2, -0.15) is 5.10 Å². The van der Waals surface area contributed by atoms with Gasteiger partial charge in [0.05, 0.1) is 18.3 Å². The van der Waals surface area contributed by atoms with Gasteiger partial charge in [-0.3, -0.25) is 14.8 Å². The maximum atomic E-state index is 11.5. The fraction of sp³-hybridized carbons (Fsp3) is 0.615. The molecule has 1 aromatic rings. The van der Waals surface area contributed by atoms with Gasteiger partial charge in [-0.25, -0.2) is 4.79 Å². The second kappa shape index (κ2) is 5.03. The lowest BCUT2D eigenvalue weighted by atomic mass is 9.96. The largest absolute Gasteiger partial charge is 0.324 e. The molecule has 0 radical (unpaired) electrons. The molecule has 0 bridgehead atoms. The van der Waals surface area contributed by atoms with Gasteiger partial charge >= 0.3 is 6.03 Å². The van der Waals surface area contributed by atoms with Crippen LogP contribution < -0.4 is 5.32 Å². The highest BCUT2D eigenvalue weighted by molar-refractivity contribution is 6.01. The Morgan fingerprint density at radius 2 is 2.05 bits per heavy atom. The van der Waals surface area contributed by atoms with E-state index < -0.39 is 0 Å². The van der Waals surface area contributed by atoms with Crippen LogP contribution in [0.5, 0.6) is 0 Å². The van der Waals surface area contributed by atoms with Crippen LogP contribution in [0.25, 0.3) is 0 Å². The normalized spacial score (nSPS) is 20.9. The van der Waals surface area contributed by atoms with Gasteiger partial charge in [-0.05, 0) is 18.9 Å². The van der Waals surface area contributed by atoms with Gasteiger partial charge in [0.2, 0.25) is 5.91 Å². The Labute approximate surface area is 111 Å². The lowest BCUT2D eigenvalue weighted by molar-refractivity contribution is -0.118. The van der Waals surface area contributed by atoms with E-state index >= 15 is 0 Å². The van der Waals surface area contributed by atoms with Crippen LogP contribution >= 0.6 is 0 Å². The van der Waals surface area contributed by atoms with E-state index in [2.05, 4.69) is 10.4 Å². The van der Waals surface area contributed by atoms with Crippen molar-refractivity contribution in [1.29, 1.82) is 0 Å². The molecule has 6 nitrogen and oxygen atoms in total.